The standard InChI is InChI=1S/C29H34N2OS/c1-3-4-10-18-33-28-30-26-24-15-7-6-13-22(24)20-29(16-8-5-9-17-29)25(26)27(32)31(28)23-14-11-12-21(2)19-23/h6-7,11-15,19H,3-5,8-10,16-18,20H2,1-2H3. The lowest BCUT2D eigenvalue weighted by Crippen LogP contribution is -2.42. The predicted molar refractivity (Wildman–Crippen MR) is 139 cm³/mol. The van der Waals surface area contributed by atoms with Crippen LogP contribution in [0.4, 0.5) is 0 Å². The smallest absolute Gasteiger partial charge is 0.263 e. The van der Waals surface area contributed by atoms with E-state index >= 15 is 0 Å². The van der Waals surface area contributed by atoms with Crippen molar-refractivity contribution < 1.29 is 0 Å². The van der Waals surface area contributed by atoms with Crippen LogP contribution >= 0.6 is 11.8 Å². The zero-order valence-corrected chi connectivity index (χ0v) is 20.7. The fourth-order valence-corrected chi connectivity index (χ4v) is 6.80. The van der Waals surface area contributed by atoms with Crippen LogP contribution in [0.25, 0.3) is 16.9 Å². The van der Waals surface area contributed by atoms with Crippen molar-refractivity contribution in [2.75, 3.05) is 5.75 Å². The highest BCUT2D eigenvalue weighted by molar-refractivity contribution is 7.99. The van der Waals surface area contributed by atoms with Crippen LogP contribution in [0, 0.1) is 6.92 Å². The van der Waals surface area contributed by atoms with Gasteiger partial charge in [-0.2, -0.15) is 0 Å². The largest absolute Gasteiger partial charge is 0.268 e. The molecule has 0 aliphatic heterocycles. The van der Waals surface area contributed by atoms with Crippen LogP contribution in [0.1, 0.15) is 75.0 Å². The number of hydrogen-bond donors (Lipinski definition) is 0. The van der Waals surface area contributed by atoms with Gasteiger partial charge in [-0.25, -0.2) is 4.98 Å². The fraction of sp³-hybridized carbons (Fsp3) is 0.448. The number of benzene rings is 2. The highest BCUT2D eigenvalue weighted by Crippen LogP contribution is 2.49. The number of fused-ring (bicyclic) bond motifs is 4. The van der Waals surface area contributed by atoms with Crippen molar-refractivity contribution in [2.24, 2.45) is 0 Å². The number of unbranched alkanes of at least 4 members (excludes halogenated alkanes) is 2. The molecule has 4 heteroatoms. The van der Waals surface area contributed by atoms with Crippen molar-refractivity contribution >= 4 is 11.8 Å². The second kappa shape index (κ2) is 9.50. The molecule has 5 rings (SSSR count). The SMILES string of the molecule is CCCCCSc1nc2c(c(=O)n1-c1cccc(C)c1)C1(CCCCC1)Cc1ccccc1-2. The molecular weight excluding hydrogens is 424 g/mol. The number of aryl methyl sites for hydroxylation is 1. The fourth-order valence-electron chi connectivity index (χ4n) is 5.80. The number of rotatable bonds is 6. The number of hydrogen-bond acceptors (Lipinski definition) is 3. The molecule has 0 radical (unpaired) electrons. The third kappa shape index (κ3) is 4.19. The van der Waals surface area contributed by atoms with Gasteiger partial charge in [0.25, 0.3) is 5.56 Å². The molecular formula is C29H34N2OS. The maximum absolute atomic E-state index is 14.4. The summed E-state index contributed by atoms with van der Waals surface area (Å²) in [7, 11) is 0. The lowest BCUT2D eigenvalue weighted by Gasteiger charge is -2.42. The first-order valence-corrected chi connectivity index (χ1v) is 13.6. The molecule has 0 amide bonds. The molecule has 0 unspecified atom stereocenters. The lowest BCUT2D eigenvalue weighted by atomic mass is 9.62. The Balaban J connectivity index is 1.75. The van der Waals surface area contributed by atoms with Crippen molar-refractivity contribution in [2.45, 2.75) is 82.2 Å². The van der Waals surface area contributed by atoms with Gasteiger partial charge in [0.2, 0.25) is 0 Å². The molecule has 1 aromatic heterocycles. The summed E-state index contributed by atoms with van der Waals surface area (Å²) in [5.41, 5.74) is 6.62. The molecule has 33 heavy (non-hydrogen) atoms. The minimum Gasteiger partial charge on any atom is -0.268 e. The summed E-state index contributed by atoms with van der Waals surface area (Å²) in [4.78, 5) is 19.7. The quantitative estimate of drug-likeness (QED) is 0.222. The number of aromatic nitrogens is 2. The summed E-state index contributed by atoms with van der Waals surface area (Å²) >= 11 is 1.74. The Hall–Kier alpha value is -2.33. The molecule has 2 aliphatic rings. The van der Waals surface area contributed by atoms with Crippen molar-refractivity contribution in [3.8, 4) is 16.9 Å². The van der Waals surface area contributed by atoms with Gasteiger partial charge in [-0.3, -0.25) is 9.36 Å². The van der Waals surface area contributed by atoms with Crippen LogP contribution < -0.4 is 5.56 Å². The predicted octanol–water partition coefficient (Wildman–Crippen LogP) is 7.25. The molecule has 3 aromatic rings. The number of thioether (sulfide) groups is 1. The Bertz CT molecular complexity index is 1210. The van der Waals surface area contributed by atoms with Gasteiger partial charge >= 0.3 is 0 Å². The van der Waals surface area contributed by atoms with Crippen LogP contribution in [0.15, 0.2) is 58.5 Å². The lowest BCUT2D eigenvalue weighted by molar-refractivity contribution is 0.283. The second-order valence-electron chi connectivity index (χ2n) is 9.83. The maximum atomic E-state index is 14.4. The van der Waals surface area contributed by atoms with Crippen LogP contribution in [0.3, 0.4) is 0 Å². The van der Waals surface area contributed by atoms with E-state index in [0.717, 1.165) is 64.7 Å². The molecule has 0 N–H and O–H groups in total. The van der Waals surface area contributed by atoms with Crippen LogP contribution in [-0.4, -0.2) is 15.3 Å². The van der Waals surface area contributed by atoms with Crippen molar-refractivity contribution in [1.82, 2.24) is 9.55 Å². The van der Waals surface area contributed by atoms with Crippen LogP contribution in [-0.2, 0) is 11.8 Å². The zero-order valence-electron chi connectivity index (χ0n) is 19.9. The van der Waals surface area contributed by atoms with E-state index in [2.05, 4.69) is 56.3 Å². The van der Waals surface area contributed by atoms with Crippen LogP contribution in [0.2, 0.25) is 0 Å². The van der Waals surface area contributed by atoms with E-state index < -0.39 is 0 Å². The van der Waals surface area contributed by atoms with Gasteiger partial charge in [-0.05, 0) is 55.9 Å². The van der Waals surface area contributed by atoms with E-state index in [1.807, 2.05) is 10.6 Å². The molecule has 1 heterocycles. The molecule has 2 aromatic carbocycles. The summed E-state index contributed by atoms with van der Waals surface area (Å²) in [6.07, 6.45) is 10.3. The van der Waals surface area contributed by atoms with Gasteiger partial charge in [0.05, 0.1) is 16.9 Å². The minimum atomic E-state index is -0.0804. The summed E-state index contributed by atoms with van der Waals surface area (Å²) in [6.45, 7) is 4.32. The van der Waals surface area contributed by atoms with E-state index in [0.29, 0.717) is 0 Å². The van der Waals surface area contributed by atoms with E-state index in [9.17, 15) is 4.79 Å². The first-order chi connectivity index (χ1) is 16.1. The topological polar surface area (TPSA) is 34.9 Å². The first-order valence-electron chi connectivity index (χ1n) is 12.6. The molecule has 1 spiro atoms. The highest BCUT2D eigenvalue weighted by atomic mass is 32.2. The third-order valence-corrected chi connectivity index (χ3v) is 8.46. The highest BCUT2D eigenvalue weighted by Gasteiger charge is 2.43. The van der Waals surface area contributed by atoms with Gasteiger partial charge in [-0.15, -0.1) is 0 Å². The van der Waals surface area contributed by atoms with Crippen LogP contribution in [0.5, 0.6) is 0 Å². The molecule has 1 saturated carbocycles. The van der Waals surface area contributed by atoms with E-state index in [4.69, 9.17) is 4.98 Å². The third-order valence-electron chi connectivity index (χ3n) is 7.43. The summed E-state index contributed by atoms with van der Waals surface area (Å²) in [5, 5.41) is 0.836. The zero-order chi connectivity index (χ0) is 22.8. The summed E-state index contributed by atoms with van der Waals surface area (Å²) in [6, 6.07) is 17.0. The van der Waals surface area contributed by atoms with E-state index in [-0.39, 0.29) is 11.0 Å². The van der Waals surface area contributed by atoms with Gasteiger partial charge in [0, 0.05) is 16.7 Å². The normalized spacial score (nSPS) is 16.4. The average molecular weight is 459 g/mol. The Morgan fingerprint density at radius 3 is 2.64 bits per heavy atom. The van der Waals surface area contributed by atoms with Gasteiger partial charge in [0.15, 0.2) is 5.16 Å². The minimum absolute atomic E-state index is 0.0804. The monoisotopic (exact) mass is 458 g/mol. The average Bonchev–Trinajstić information content (AvgIpc) is 2.82. The molecule has 1 fully saturated rings. The Morgan fingerprint density at radius 1 is 1.03 bits per heavy atom. The molecule has 0 atom stereocenters. The molecule has 0 bridgehead atoms. The maximum Gasteiger partial charge on any atom is 0.263 e. The molecule has 172 valence electrons. The van der Waals surface area contributed by atoms with Gasteiger partial charge in [-0.1, -0.05) is 87.2 Å². The van der Waals surface area contributed by atoms with Crippen molar-refractivity contribution in [3.63, 3.8) is 0 Å². The summed E-state index contributed by atoms with van der Waals surface area (Å²) in [5.74, 6) is 0.984. The second-order valence-corrected chi connectivity index (χ2v) is 10.9. The Morgan fingerprint density at radius 2 is 1.85 bits per heavy atom. The van der Waals surface area contributed by atoms with Crippen molar-refractivity contribution in [3.05, 3.63) is 75.6 Å². The molecule has 3 nitrogen and oxygen atoms in total. The molecule has 0 saturated heterocycles. The Labute approximate surface area is 201 Å². The number of nitrogens with zero attached hydrogens (tertiary/aromatic N) is 2. The molecule has 2 aliphatic carbocycles. The van der Waals surface area contributed by atoms with Crippen molar-refractivity contribution in [1.29, 1.82) is 0 Å². The van der Waals surface area contributed by atoms with Gasteiger partial charge in [0.1, 0.15) is 0 Å². The van der Waals surface area contributed by atoms with E-state index in [1.54, 1.807) is 11.8 Å². The first kappa shape index (κ1) is 22.5. The Kier molecular flexibility index (Phi) is 6.47. The van der Waals surface area contributed by atoms with Gasteiger partial charge < -0.3 is 0 Å². The summed E-state index contributed by atoms with van der Waals surface area (Å²) < 4.78 is 1.92. The van der Waals surface area contributed by atoms with E-state index in [1.165, 1.54) is 37.7 Å².